The van der Waals surface area contributed by atoms with E-state index in [0.717, 1.165) is 4.57 Å². The number of hydrogen-bond donors (Lipinski definition) is 2. The van der Waals surface area contributed by atoms with Gasteiger partial charge in [0, 0.05) is 18.0 Å². The molecule has 0 unspecified atom stereocenters. The SMILES string of the molecule is CC(C)COc1ccc(NC(=O)Cn2ccc(=O)[nH]c2=O)cc1Cl. The summed E-state index contributed by atoms with van der Waals surface area (Å²) in [6.45, 7) is 4.38. The van der Waals surface area contributed by atoms with Crippen molar-refractivity contribution in [3.63, 3.8) is 0 Å². The maximum atomic E-state index is 12.0. The lowest BCUT2D eigenvalue weighted by Crippen LogP contribution is -2.32. The fourth-order valence-electron chi connectivity index (χ4n) is 1.88. The normalized spacial score (nSPS) is 10.7. The molecule has 1 aromatic heterocycles. The minimum absolute atomic E-state index is 0.223. The van der Waals surface area contributed by atoms with E-state index in [4.69, 9.17) is 16.3 Å². The zero-order chi connectivity index (χ0) is 17.7. The van der Waals surface area contributed by atoms with Gasteiger partial charge in [-0.2, -0.15) is 0 Å². The second-order valence-electron chi connectivity index (χ2n) is 5.64. The molecule has 0 bridgehead atoms. The molecule has 2 aromatic rings. The molecule has 8 heteroatoms. The van der Waals surface area contributed by atoms with Crippen molar-refractivity contribution in [1.82, 2.24) is 9.55 Å². The summed E-state index contributed by atoms with van der Waals surface area (Å²) in [4.78, 5) is 36.6. The quantitative estimate of drug-likeness (QED) is 0.830. The van der Waals surface area contributed by atoms with E-state index in [1.54, 1.807) is 18.2 Å². The molecular weight excluding hydrogens is 334 g/mol. The van der Waals surface area contributed by atoms with Crippen molar-refractivity contribution in [2.75, 3.05) is 11.9 Å². The van der Waals surface area contributed by atoms with E-state index in [0.29, 0.717) is 29.0 Å². The van der Waals surface area contributed by atoms with Gasteiger partial charge in [0.1, 0.15) is 12.3 Å². The molecule has 128 valence electrons. The maximum Gasteiger partial charge on any atom is 0.328 e. The molecule has 7 nitrogen and oxygen atoms in total. The van der Waals surface area contributed by atoms with E-state index in [1.165, 1.54) is 12.3 Å². The molecule has 0 aliphatic carbocycles. The molecule has 0 aliphatic heterocycles. The Hall–Kier alpha value is -2.54. The van der Waals surface area contributed by atoms with E-state index >= 15 is 0 Å². The van der Waals surface area contributed by atoms with Gasteiger partial charge in [-0.3, -0.25) is 19.1 Å². The lowest BCUT2D eigenvalue weighted by atomic mass is 10.2. The number of carbonyl (C=O) groups excluding carboxylic acids is 1. The molecule has 0 saturated heterocycles. The van der Waals surface area contributed by atoms with E-state index in [-0.39, 0.29) is 6.54 Å². The Labute approximate surface area is 143 Å². The molecule has 1 aromatic carbocycles. The number of hydrogen-bond acceptors (Lipinski definition) is 4. The highest BCUT2D eigenvalue weighted by molar-refractivity contribution is 6.32. The number of H-pyrrole nitrogens is 1. The van der Waals surface area contributed by atoms with Crippen LogP contribution in [-0.4, -0.2) is 22.1 Å². The van der Waals surface area contributed by atoms with E-state index in [2.05, 4.69) is 10.3 Å². The summed E-state index contributed by atoms with van der Waals surface area (Å²) in [7, 11) is 0. The molecule has 0 fully saturated rings. The first-order valence-electron chi connectivity index (χ1n) is 7.37. The lowest BCUT2D eigenvalue weighted by molar-refractivity contribution is -0.116. The smallest absolute Gasteiger partial charge is 0.328 e. The first kappa shape index (κ1) is 17.8. The highest BCUT2D eigenvalue weighted by atomic mass is 35.5. The number of nitrogens with zero attached hydrogens (tertiary/aromatic N) is 1. The summed E-state index contributed by atoms with van der Waals surface area (Å²) in [6, 6.07) is 6.08. The van der Waals surface area contributed by atoms with Crippen LogP contribution in [0.3, 0.4) is 0 Å². The van der Waals surface area contributed by atoms with Gasteiger partial charge in [-0.05, 0) is 24.1 Å². The molecule has 24 heavy (non-hydrogen) atoms. The number of anilines is 1. The molecular formula is C16H18ClN3O4. The van der Waals surface area contributed by atoms with Crippen LogP contribution in [0.4, 0.5) is 5.69 Å². The van der Waals surface area contributed by atoms with Crippen LogP contribution >= 0.6 is 11.6 Å². The molecule has 0 saturated carbocycles. The van der Waals surface area contributed by atoms with Crippen molar-refractivity contribution in [2.24, 2.45) is 5.92 Å². The number of nitrogens with one attached hydrogen (secondary N) is 2. The van der Waals surface area contributed by atoms with Gasteiger partial charge in [0.15, 0.2) is 0 Å². The average molecular weight is 352 g/mol. The maximum absolute atomic E-state index is 12.0. The number of halogens is 1. The fourth-order valence-corrected chi connectivity index (χ4v) is 2.11. The van der Waals surface area contributed by atoms with Gasteiger partial charge in [-0.25, -0.2) is 4.79 Å². The highest BCUT2D eigenvalue weighted by Crippen LogP contribution is 2.28. The van der Waals surface area contributed by atoms with Crippen molar-refractivity contribution in [1.29, 1.82) is 0 Å². The topological polar surface area (TPSA) is 93.2 Å². The summed E-state index contributed by atoms with van der Waals surface area (Å²) >= 11 is 6.13. The third-order valence-electron chi connectivity index (χ3n) is 3.00. The third kappa shape index (κ3) is 4.99. The molecule has 0 spiro atoms. The van der Waals surface area contributed by atoms with Crippen LogP contribution in [0.15, 0.2) is 40.1 Å². The lowest BCUT2D eigenvalue weighted by Gasteiger charge is -2.12. The predicted octanol–water partition coefficient (Wildman–Crippen LogP) is 1.86. The van der Waals surface area contributed by atoms with Gasteiger partial charge in [0.2, 0.25) is 5.91 Å². The van der Waals surface area contributed by atoms with Gasteiger partial charge in [-0.15, -0.1) is 0 Å². The van der Waals surface area contributed by atoms with Crippen molar-refractivity contribution in [2.45, 2.75) is 20.4 Å². The standard InChI is InChI=1S/C16H18ClN3O4/c1-10(2)9-24-13-4-3-11(7-12(13)17)18-15(22)8-20-6-5-14(21)19-16(20)23/h3-7,10H,8-9H2,1-2H3,(H,18,22)(H,19,21,23). The highest BCUT2D eigenvalue weighted by Gasteiger charge is 2.08. The number of rotatable bonds is 6. The van der Waals surface area contributed by atoms with Crippen molar-refractivity contribution >= 4 is 23.2 Å². The van der Waals surface area contributed by atoms with Crippen LogP contribution in [-0.2, 0) is 11.3 Å². The van der Waals surface area contributed by atoms with Crippen molar-refractivity contribution in [3.05, 3.63) is 56.3 Å². The Kier molecular flexibility index (Phi) is 5.81. The summed E-state index contributed by atoms with van der Waals surface area (Å²) in [5, 5.41) is 3.02. The number of aromatic nitrogens is 2. The Morgan fingerprint density at radius 1 is 1.33 bits per heavy atom. The monoisotopic (exact) mass is 351 g/mol. The number of amides is 1. The van der Waals surface area contributed by atoms with E-state index in [9.17, 15) is 14.4 Å². The van der Waals surface area contributed by atoms with Gasteiger partial charge in [0.05, 0.1) is 11.6 Å². The molecule has 0 aliphatic rings. The Balaban J connectivity index is 2.02. The number of carbonyl (C=O) groups is 1. The number of benzene rings is 1. The Bertz CT molecular complexity index is 842. The summed E-state index contributed by atoms with van der Waals surface area (Å²) in [5.74, 6) is 0.493. The first-order valence-corrected chi connectivity index (χ1v) is 7.75. The molecule has 0 radical (unpaired) electrons. The minimum atomic E-state index is -0.645. The van der Waals surface area contributed by atoms with Crippen molar-refractivity contribution in [3.8, 4) is 5.75 Å². The van der Waals surface area contributed by atoms with Crippen LogP contribution in [0.2, 0.25) is 5.02 Å². The van der Waals surface area contributed by atoms with Crippen LogP contribution in [0.5, 0.6) is 5.75 Å². The Morgan fingerprint density at radius 2 is 2.08 bits per heavy atom. The molecule has 1 heterocycles. The second-order valence-corrected chi connectivity index (χ2v) is 6.04. The Morgan fingerprint density at radius 3 is 2.71 bits per heavy atom. The fraction of sp³-hybridized carbons (Fsp3) is 0.312. The summed E-state index contributed by atoms with van der Waals surface area (Å²) in [6.07, 6.45) is 1.26. The van der Waals surface area contributed by atoms with Gasteiger partial charge in [-0.1, -0.05) is 25.4 Å². The third-order valence-corrected chi connectivity index (χ3v) is 3.29. The molecule has 2 N–H and O–H groups in total. The van der Waals surface area contributed by atoms with Gasteiger partial charge in [0.25, 0.3) is 5.56 Å². The molecule has 2 rings (SSSR count). The zero-order valence-electron chi connectivity index (χ0n) is 13.3. The van der Waals surface area contributed by atoms with E-state index < -0.39 is 17.2 Å². The second kappa shape index (κ2) is 7.83. The van der Waals surface area contributed by atoms with Gasteiger partial charge < -0.3 is 10.1 Å². The van der Waals surface area contributed by atoms with E-state index in [1.807, 2.05) is 13.8 Å². The predicted molar refractivity (Wildman–Crippen MR) is 91.7 cm³/mol. The number of ether oxygens (including phenoxy) is 1. The number of aromatic amines is 1. The van der Waals surface area contributed by atoms with Crippen LogP contribution < -0.4 is 21.3 Å². The average Bonchev–Trinajstić information content (AvgIpc) is 2.49. The van der Waals surface area contributed by atoms with Crippen LogP contribution in [0.25, 0.3) is 0 Å². The zero-order valence-corrected chi connectivity index (χ0v) is 14.1. The molecule has 0 atom stereocenters. The van der Waals surface area contributed by atoms with Crippen LogP contribution in [0.1, 0.15) is 13.8 Å². The minimum Gasteiger partial charge on any atom is -0.492 e. The van der Waals surface area contributed by atoms with Crippen molar-refractivity contribution < 1.29 is 9.53 Å². The largest absolute Gasteiger partial charge is 0.492 e. The van der Waals surface area contributed by atoms with Gasteiger partial charge >= 0.3 is 5.69 Å². The van der Waals surface area contributed by atoms with Crippen LogP contribution in [0, 0.1) is 5.92 Å². The first-order chi connectivity index (χ1) is 11.3. The summed E-state index contributed by atoms with van der Waals surface area (Å²) in [5.41, 5.74) is -0.673. The summed E-state index contributed by atoms with van der Waals surface area (Å²) < 4.78 is 6.65. The molecule has 1 amide bonds.